The van der Waals surface area contributed by atoms with Crippen LogP contribution in [-0.2, 0) is 16.0 Å². The fourth-order valence-corrected chi connectivity index (χ4v) is 5.49. The van der Waals surface area contributed by atoms with Gasteiger partial charge in [-0.15, -0.1) is 11.3 Å². The third-order valence-corrected chi connectivity index (χ3v) is 7.86. The van der Waals surface area contributed by atoms with Crippen molar-refractivity contribution < 1.29 is 19.2 Å². The van der Waals surface area contributed by atoms with Gasteiger partial charge in [-0.25, -0.2) is 15.0 Å². The molecule has 1 saturated carbocycles. The first-order chi connectivity index (χ1) is 15.8. The smallest absolute Gasteiger partial charge is 0.272 e. The summed E-state index contributed by atoms with van der Waals surface area (Å²) in [5.74, 6) is -1.77. The highest BCUT2D eigenvalue weighted by Gasteiger charge is 2.56. The zero-order chi connectivity index (χ0) is 23.3. The number of hydrazine groups is 1. The van der Waals surface area contributed by atoms with Gasteiger partial charge in [-0.3, -0.25) is 19.2 Å². The number of benzene rings is 1. The number of carbonyl (C=O) groups excluding carboxylic acids is 4. The lowest BCUT2D eigenvalue weighted by molar-refractivity contribution is -0.145. The summed E-state index contributed by atoms with van der Waals surface area (Å²) in [7, 11) is 0. The van der Waals surface area contributed by atoms with Crippen LogP contribution in [0.1, 0.15) is 62.8 Å². The van der Waals surface area contributed by atoms with Crippen LogP contribution in [-0.4, -0.2) is 51.7 Å². The minimum absolute atomic E-state index is 0.00108. The van der Waals surface area contributed by atoms with Gasteiger partial charge in [0.2, 0.25) is 5.91 Å². The molecule has 5 rings (SSSR count). The predicted octanol–water partition coefficient (Wildman–Crippen LogP) is 1.66. The van der Waals surface area contributed by atoms with Crippen LogP contribution in [0.15, 0.2) is 30.5 Å². The summed E-state index contributed by atoms with van der Waals surface area (Å²) in [4.78, 5) is 56.0. The Bertz CT molecular complexity index is 1160. The number of hydrogen-bond donors (Lipinski definition) is 2. The maximum atomic E-state index is 13.6. The SMILES string of the molecule is CC[C@H](Cc1ncc(C(N)=O)s1)C(=O)N[C@@H]1C(=O)N2CC3(CC3)CN2C(=O)c2ccccc21. The Morgan fingerprint density at radius 2 is 1.97 bits per heavy atom. The Hall–Kier alpha value is -3.27. The number of carbonyl (C=O) groups is 4. The van der Waals surface area contributed by atoms with Crippen molar-refractivity contribution in [3.05, 3.63) is 51.5 Å². The van der Waals surface area contributed by atoms with E-state index in [1.54, 1.807) is 29.3 Å². The number of primary amides is 1. The average Bonchev–Trinajstić information content (AvgIpc) is 3.24. The summed E-state index contributed by atoms with van der Waals surface area (Å²) in [5, 5.41) is 6.64. The van der Waals surface area contributed by atoms with Crippen LogP contribution < -0.4 is 11.1 Å². The number of rotatable bonds is 6. The Kier molecular flexibility index (Phi) is 5.19. The van der Waals surface area contributed by atoms with E-state index in [9.17, 15) is 19.2 Å². The predicted molar refractivity (Wildman–Crippen MR) is 120 cm³/mol. The number of thiazole rings is 1. The Balaban J connectivity index is 1.41. The highest BCUT2D eigenvalue weighted by molar-refractivity contribution is 7.13. The molecule has 3 heterocycles. The van der Waals surface area contributed by atoms with Gasteiger partial charge in [0.05, 0.1) is 24.3 Å². The van der Waals surface area contributed by atoms with E-state index in [-0.39, 0.29) is 23.1 Å². The second kappa shape index (κ2) is 7.95. The van der Waals surface area contributed by atoms with Gasteiger partial charge in [-0.05, 0) is 30.9 Å². The summed E-state index contributed by atoms with van der Waals surface area (Å²) >= 11 is 1.17. The second-order valence-electron chi connectivity index (χ2n) is 9.08. The summed E-state index contributed by atoms with van der Waals surface area (Å²) in [6.07, 6.45) is 4.27. The molecule has 1 spiro atoms. The first kappa shape index (κ1) is 21.6. The molecule has 4 amide bonds. The van der Waals surface area contributed by atoms with E-state index >= 15 is 0 Å². The minimum Gasteiger partial charge on any atom is -0.365 e. The lowest BCUT2D eigenvalue weighted by Crippen LogP contribution is -2.48. The zero-order valence-electron chi connectivity index (χ0n) is 18.2. The number of nitrogens with one attached hydrogen (secondary N) is 1. The van der Waals surface area contributed by atoms with E-state index in [0.29, 0.717) is 46.9 Å². The van der Waals surface area contributed by atoms with Crippen molar-refractivity contribution in [1.82, 2.24) is 20.3 Å². The van der Waals surface area contributed by atoms with Gasteiger partial charge in [-0.1, -0.05) is 25.1 Å². The second-order valence-corrected chi connectivity index (χ2v) is 10.2. The van der Waals surface area contributed by atoms with Crippen LogP contribution in [0.5, 0.6) is 0 Å². The number of nitrogens with zero attached hydrogens (tertiary/aromatic N) is 3. The number of fused-ring (bicyclic) bond motifs is 2. The van der Waals surface area contributed by atoms with Crippen molar-refractivity contribution >= 4 is 35.0 Å². The molecule has 2 aliphatic heterocycles. The van der Waals surface area contributed by atoms with E-state index in [4.69, 9.17) is 5.73 Å². The lowest BCUT2D eigenvalue weighted by atomic mass is 9.96. The fourth-order valence-electron chi connectivity index (χ4n) is 4.64. The molecule has 2 atom stereocenters. The molecule has 33 heavy (non-hydrogen) atoms. The van der Waals surface area contributed by atoms with Crippen molar-refractivity contribution in [2.75, 3.05) is 13.1 Å². The minimum atomic E-state index is -0.942. The highest BCUT2D eigenvalue weighted by Crippen LogP contribution is 2.52. The Morgan fingerprint density at radius 3 is 2.64 bits per heavy atom. The van der Waals surface area contributed by atoms with Crippen molar-refractivity contribution in [3.8, 4) is 0 Å². The molecular weight excluding hydrogens is 442 g/mol. The standard InChI is InChI=1S/C23H25N5O4S/c1-2-13(9-17-25-10-16(33-17)19(24)29)20(30)26-18-14-5-3-4-6-15(14)21(31)27-11-23(7-8-23)12-28(27)22(18)32/h3-6,10,13,18H,2,7-9,11-12H2,1H3,(H2,24,29)(H,26,30)/t13-,18+/m1/s1. The summed E-state index contributed by atoms with van der Waals surface area (Å²) < 4.78 is 0. The largest absolute Gasteiger partial charge is 0.365 e. The average molecular weight is 468 g/mol. The van der Waals surface area contributed by atoms with Crippen LogP contribution in [0, 0.1) is 11.3 Å². The van der Waals surface area contributed by atoms with Gasteiger partial charge in [0.1, 0.15) is 10.9 Å². The molecule has 1 aliphatic carbocycles. The molecule has 1 aromatic heterocycles. The maximum absolute atomic E-state index is 13.6. The zero-order valence-corrected chi connectivity index (χ0v) is 19.1. The first-order valence-corrected chi connectivity index (χ1v) is 11.9. The monoisotopic (exact) mass is 467 g/mol. The van der Waals surface area contributed by atoms with Gasteiger partial charge in [0.15, 0.2) is 0 Å². The van der Waals surface area contributed by atoms with E-state index < -0.39 is 17.9 Å². The quantitative estimate of drug-likeness (QED) is 0.668. The third kappa shape index (κ3) is 3.78. The molecule has 3 N–H and O–H groups in total. The summed E-state index contributed by atoms with van der Waals surface area (Å²) in [6.45, 7) is 2.93. The maximum Gasteiger partial charge on any atom is 0.272 e. The van der Waals surface area contributed by atoms with Crippen molar-refractivity contribution in [2.45, 2.75) is 38.6 Å². The van der Waals surface area contributed by atoms with Gasteiger partial charge in [0, 0.05) is 23.3 Å². The molecular formula is C23H25N5O4S. The van der Waals surface area contributed by atoms with Crippen LogP contribution >= 0.6 is 11.3 Å². The van der Waals surface area contributed by atoms with Crippen LogP contribution in [0.25, 0.3) is 0 Å². The van der Waals surface area contributed by atoms with Crippen LogP contribution in [0.3, 0.4) is 0 Å². The Morgan fingerprint density at radius 1 is 1.24 bits per heavy atom. The molecule has 1 saturated heterocycles. The molecule has 1 aromatic carbocycles. The van der Waals surface area contributed by atoms with Gasteiger partial charge in [0.25, 0.3) is 17.7 Å². The van der Waals surface area contributed by atoms with E-state index in [0.717, 1.165) is 12.8 Å². The molecule has 9 nitrogen and oxygen atoms in total. The Labute approximate surface area is 194 Å². The fraction of sp³-hybridized carbons (Fsp3) is 0.435. The first-order valence-electron chi connectivity index (χ1n) is 11.1. The van der Waals surface area contributed by atoms with Crippen molar-refractivity contribution in [2.24, 2.45) is 17.1 Å². The normalized spacial score (nSPS) is 21.4. The molecule has 10 heteroatoms. The molecule has 0 bridgehead atoms. The highest BCUT2D eigenvalue weighted by atomic mass is 32.1. The number of nitrogens with two attached hydrogens (primary N) is 1. The summed E-state index contributed by atoms with van der Waals surface area (Å²) in [6, 6.07) is 6.04. The number of hydrogen-bond acceptors (Lipinski definition) is 6. The van der Waals surface area contributed by atoms with Crippen LogP contribution in [0.4, 0.5) is 0 Å². The topological polar surface area (TPSA) is 126 Å². The van der Waals surface area contributed by atoms with Gasteiger partial charge < -0.3 is 11.1 Å². The van der Waals surface area contributed by atoms with Crippen molar-refractivity contribution in [3.63, 3.8) is 0 Å². The molecule has 0 radical (unpaired) electrons. The third-order valence-electron chi connectivity index (χ3n) is 6.82. The number of amides is 4. The van der Waals surface area contributed by atoms with Crippen molar-refractivity contribution in [1.29, 1.82) is 0 Å². The molecule has 3 aliphatic rings. The molecule has 172 valence electrons. The lowest BCUT2D eigenvalue weighted by Gasteiger charge is -2.28. The number of aromatic nitrogens is 1. The van der Waals surface area contributed by atoms with Gasteiger partial charge >= 0.3 is 0 Å². The molecule has 2 fully saturated rings. The van der Waals surface area contributed by atoms with Gasteiger partial charge in [-0.2, -0.15) is 0 Å². The van der Waals surface area contributed by atoms with Crippen LogP contribution in [0.2, 0.25) is 0 Å². The molecule has 0 unspecified atom stereocenters. The van der Waals surface area contributed by atoms with E-state index in [2.05, 4.69) is 10.3 Å². The summed E-state index contributed by atoms with van der Waals surface area (Å²) in [5.41, 5.74) is 6.26. The molecule has 2 aromatic rings. The van der Waals surface area contributed by atoms with E-state index in [1.165, 1.54) is 22.5 Å². The van der Waals surface area contributed by atoms with E-state index in [1.807, 2.05) is 6.92 Å².